The molecule has 0 spiro atoms. The second-order valence-electron chi connectivity index (χ2n) is 8.62. The molecule has 12 nitrogen and oxygen atoms in total. The zero-order chi connectivity index (χ0) is 25.3. The van der Waals surface area contributed by atoms with Crippen LogP contribution in [0.25, 0.3) is 33.0 Å². The average Bonchev–Trinajstić information content (AvgIpc) is 3.45. The van der Waals surface area contributed by atoms with Crippen LogP contribution < -0.4 is 27.5 Å². The Labute approximate surface area is 201 Å². The zero-order valence-electron chi connectivity index (χ0n) is 20.0. The molecule has 12 heteroatoms. The van der Waals surface area contributed by atoms with Crippen molar-refractivity contribution in [3.63, 3.8) is 0 Å². The maximum absolute atomic E-state index is 13.3. The molecular weight excluding hydrogens is 448 g/mol. The van der Waals surface area contributed by atoms with E-state index in [-0.39, 0.29) is 30.0 Å². The Balaban J connectivity index is 1.80. The molecule has 1 aliphatic rings. The highest BCUT2D eigenvalue weighted by molar-refractivity contribution is 5.94. The van der Waals surface area contributed by atoms with Crippen LogP contribution in [0.15, 0.2) is 46.4 Å². The highest BCUT2D eigenvalue weighted by Gasteiger charge is 2.30. The van der Waals surface area contributed by atoms with E-state index < -0.39 is 6.17 Å². The zero-order valence-corrected chi connectivity index (χ0v) is 20.0. The summed E-state index contributed by atoms with van der Waals surface area (Å²) in [6.07, 6.45) is 1.09. The highest BCUT2D eigenvalue weighted by atomic mass is 16.1. The van der Waals surface area contributed by atoms with Crippen molar-refractivity contribution in [1.82, 2.24) is 25.1 Å². The molecule has 3 aromatic rings. The summed E-state index contributed by atoms with van der Waals surface area (Å²) in [7, 11) is 3.43. The molecular formula is C23H28N10O2. The summed E-state index contributed by atoms with van der Waals surface area (Å²) >= 11 is 0. The number of pyridine rings is 1. The molecule has 0 radical (unpaired) electrons. The molecule has 4 rings (SSSR count). The topological polar surface area (TPSA) is 168 Å². The highest BCUT2D eigenvalue weighted by Crippen LogP contribution is 2.36. The van der Waals surface area contributed by atoms with Gasteiger partial charge in [0, 0.05) is 48.9 Å². The van der Waals surface area contributed by atoms with Gasteiger partial charge in [0.25, 0.3) is 11.5 Å². The molecule has 182 valence electrons. The fourth-order valence-electron chi connectivity index (χ4n) is 4.19. The average molecular weight is 477 g/mol. The van der Waals surface area contributed by atoms with Crippen molar-refractivity contribution in [2.45, 2.75) is 26.1 Å². The van der Waals surface area contributed by atoms with Crippen molar-refractivity contribution in [1.29, 1.82) is 0 Å². The van der Waals surface area contributed by atoms with Crippen LogP contribution in [0.5, 0.6) is 0 Å². The first-order chi connectivity index (χ1) is 16.8. The monoisotopic (exact) mass is 476 g/mol. The molecule has 35 heavy (non-hydrogen) atoms. The lowest BCUT2D eigenvalue weighted by atomic mass is 10.0. The molecule has 0 saturated carbocycles. The van der Waals surface area contributed by atoms with Gasteiger partial charge < -0.3 is 21.0 Å². The van der Waals surface area contributed by atoms with Gasteiger partial charge in [0.1, 0.15) is 6.17 Å². The number of hydrogen-bond donors (Lipinski definition) is 4. The molecule has 3 heterocycles. The van der Waals surface area contributed by atoms with Gasteiger partial charge in [-0.15, -0.1) is 0 Å². The van der Waals surface area contributed by atoms with Crippen LogP contribution in [0.4, 0.5) is 5.69 Å². The van der Waals surface area contributed by atoms with Crippen molar-refractivity contribution >= 4 is 11.6 Å². The fraction of sp³-hybridized carbons (Fsp3) is 0.348. The molecule has 1 aliphatic heterocycles. The van der Waals surface area contributed by atoms with Crippen molar-refractivity contribution in [2.24, 2.45) is 23.8 Å². The second-order valence-corrected chi connectivity index (χ2v) is 8.62. The number of rotatable bonds is 7. The number of aryl methyl sites for hydroxylation is 1. The first-order valence-electron chi connectivity index (χ1n) is 11.2. The summed E-state index contributed by atoms with van der Waals surface area (Å²) in [4.78, 5) is 28.0. The standard InChI is InChI=1S/C23H28N10O2/c1-12(10-27-31-25)13(2)33-11-16(20-19(23(33)35)21(24)29-28-20)17-9-18(32(4)30-17)14-5-7-15(8-6-14)22(34)26-3/h5-9,11-13,21,28-29H,10,24H2,1-4H3,(H,26,34)/t12?,13-,21?/m0/s1. The maximum Gasteiger partial charge on any atom is 0.259 e. The third kappa shape index (κ3) is 4.37. The number of carbonyl (C=O) groups is 1. The first kappa shape index (κ1) is 24.0. The van der Waals surface area contributed by atoms with E-state index in [1.165, 1.54) is 0 Å². The van der Waals surface area contributed by atoms with Gasteiger partial charge in [0.15, 0.2) is 0 Å². The first-order valence-corrected chi connectivity index (χ1v) is 11.2. The Morgan fingerprint density at radius 2 is 2.06 bits per heavy atom. The summed E-state index contributed by atoms with van der Waals surface area (Å²) in [5, 5.41) is 11.0. The molecule has 1 amide bonds. The molecule has 0 aliphatic carbocycles. The summed E-state index contributed by atoms with van der Waals surface area (Å²) in [5.74, 6) is -0.232. The molecule has 0 fully saturated rings. The number of fused-ring (bicyclic) bond motifs is 1. The van der Waals surface area contributed by atoms with Gasteiger partial charge in [-0.1, -0.05) is 24.2 Å². The Hall–Kier alpha value is -4.12. The summed E-state index contributed by atoms with van der Waals surface area (Å²) in [6, 6.07) is 8.94. The van der Waals surface area contributed by atoms with Crippen LogP contribution in [0.3, 0.4) is 0 Å². The van der Waals surface area contributed by atoms with Crippen molar-refractivity contribution in [2.75, 3.05) is 19.0 Å². The summed E-state index contributed by atoms with van der Waals surface area (Å²) in [5.41, 5.74) is 25.3. The third-order valence-electron chi connectivity index (χ3n) is 6.46. The van der Waals surface area contributed by atoms with Crippen molar-refractivity contribution in [3.05, 3.63) is 68.5 Å². The van der Waals surface area contributed by atoms with E-state index in [9.17, 15) is 9.59 Å². The van der Waals surface area contributed by atoms with Crippen LogP contribution in [-0.2, 0) is 7.05 Å². The van der Waals surface area contributed by atoms with E-state index in [4.69, 9.17) is 16.4 Å². The fourth-order valence-corrected chi connectivity index (χ4v) is 4.19. The molecule has 1 aromatic carbocycles. The Kier molecular flexibility index (Phi) is 6.61. The Morgan fingerprint density at radius 3 is 2.71 bits per heavy atom. The van der Waals surface area contributed by atoms with E-state index in [2.05, 4.69) is 26.2 Å². The van der Waals surface area contributed by atoms with Gasteiger partial charge >= 0.3 is 0 Å². The minimum Gasteiger partial charge on any atom is -0.355 e. The smallest absolute Gasteiger partial charge is 0.259 e. The SMILES string of the molecule is CNC(=O)c1ccc(-c2cc(-c3cn([C@@H](C)C(C)CN=[N+]=[N-])c(=O)c4c3NNC4N)nn2C)cc1. The van der Waals surface area contributed by atoms with E-state index in [1.54, 1.807) is 34.6 Å². The quantitative estimate of drug-likeness (QED) is 0.232. The summed E-state index contributed by atoms with van der Waals surface area (Å²) in [6.45, 7) is 4.10. The summed E-state index contributed by atoms with van der Waals surface area (Å²) < 4.78 is 3.38. The largest absolute Gasteiger partial charge is 0.355 e. The molecule has 3 atom stereocenters. The van der Waals surface area contributed by atoms with Crippen LogP contribution in [0.1, 0.15) is 42.0 Å². The normalized spacial score (nSPS) is 16.1. The number of amides is 1. The molecule has 2 aromatic heterocycles. The molecule has 2 unspecified atom stereocenters. The van der Waals surface area contributed by atoms with E-state index in [0.717, 1.165) is 11.3 Å². The lowest BCUT2D eigenvalue weighted by molar-refractivity contribution is 0.0963. The Bertz CT molecular complexity index is 1370. The van der Waals surface area contributed by atoms with Gasteiger partial charge in [-0.05, 0) is 42.1 Å². The number of nitrogens with zero attached hydrogens (tertiary/aromatic N) is 6. The van der Waals surface area contributed by atoms with Crippen LogP contribution >= 0.6 is 0 Å². The number of hydrogen-bond acceptors (Lipinski definition) is 7. The van der Waals surface area contributed by atoms with Crippen molar-refractivity contribution < 1.29 is 4.79 Å². The number of carbonyl (C=O) groups excluding carboxylic acids is 1. The second kappa shape index (κ2) is 9.63. The lowest BCUT2D eigenvalue weighted by Crippen LogP contribution is -2.33. The van der Waals surface area contributed by atoms with Crippen LogP contribution in [0.2, 0.25) is 0 Å². The van der Waals surface area contributed by atoms with E-state index in [1.807, 2.05) is 39.1 Å². The number of aromatic nitrogens is 3. The lowest BCUT2D eigenvalue weighted by Gasteiger charge is -2.23. The molecule has 0 saturated heterocycles. The molecule has 0 bridgehead atoms. The number of azide groups is 1. The number of nitrogens with two attached hydrogens (primary N) is 1. The van der Waals surface area contributed by atoms with Crippen LogP contribution in [0, 0.1) is 5.92 Å². The third-order valence-corrected chi connectivity index (χ3v) is 6.46. The van der Waals surface area contributed by atoms with Gasteiger partial charge in [0.05, 0.1) is 22.6 Å². The number of benzene rings is 1. The van der Waals surface area contributed by atoms with Crippen LogP contribution in [-0.4, -0.2) is 33.8 Å². The van der Waals surface area contributed by atoms with Crippen molar-refractivity contribution in [3.8, 4) is 22.5 Å². The minimum absolute atomic E-state index is 0.0776. The molecule has 5 N–H and O–H groups in total. The van der Waals surface area contributed by atoms with Gasteiger partial charge in [-0.3, -0.25) is 14.3 Å². The predicted octanol–water partition coefficient (Wildman–Crippen LogP) is 2.67. The minimum atomic E-state index is -0.677. The number of anilines is 1. The maximum atomic E-state index is 13.3. The number of nitrogens with one attached hydrogen (secondary N) is 3. The number of hydrazine groups is 1. The van der Waals surface area contributed by atoms with Gasteiger partial charge in [-0.25, -0.2) is 5.43 Å². The predicted molar refractivity (Wildman–Crippen MR) is 133 cm³/mol. The Morgan fingerprint density at radius 1 is 1.34 bits per heavy atom. The van der Waals surface area contributed by atoms with E-state index >= 15 is 0 Å². The van der Waals surface area contributed by atoms with Gasteiger partial charge in [-0.2, -0.15) is 5.10 Å². The van der Waals surface area contributed by atoms with Gasteiger partial charge in [0.2, 0.25) is 0 Å². The van der Waals surface area contributed by atoms with E-state index in [0.29, 0.717) is 28.1 Å².